The molecule has 0 atom stereocenters. The van der Waals surface area contributed by atoms with Crippen LogP contribution in [-0.4, -0.2) is 11.6 Å². The van der Waals surface area contributed by atoms with Crippen molar-refractivity contribution in [1.29, 1.82) is 0 Å². The summed E-state index contributed by atoms with van der Waals surface area (Å²) in [5, 5.41) is 4.87. The fourth-order valence-corrected chi connectivity index (χ4v) is 5.00. The fraction of sp³-hybridized carbons (Fsp3) is 0.138. The zero-order chi connectivity index (χ0) is 22.5. The molecule has 0 saturated heterocycles. The van der Waals surface area contributed by atoms with Crippen molar-refractivity contribution in [2.75, 3.05) is 11.9 Å². The number of aryl methyl sites for hydroxylation is 2. The molecule has 0 spiro atoms. The highest BCUT2D eigenvalue weighted by atomic mass is 16.5. The van der Waals surface area contributed by atoms with Gasteiger partial charge in [-0.25, -0.2) is 9.13 Å². The molecular weight excluding hydrogens is 406 g/mol. The Hall–Kier alpha value is -4.05. The minimum Gasteiger partial charge on any atom is -0.438 e. The van der Waals surface area contributed by atoms with Gasteiger partial charge in [-0.15, -0.1) is 0 Å². The van der Waals surface area contributed by atoms with Gasteiger partial charge in [0.1, 0.15) is 0 Å². The van der Waals surface area contributed by atoms with Crippen LogP contribution in [0.3, 0.4) is 0 Å². The lowest BCUT2D eigenvalue weighted by molar-refractivity contribution is -0.669. The van der Waals surface area contributed by atoms with Crippen molar-refractivity contribution < 1.29 is 9.30 Å². The number of hydrogen-bond donors (Lipinski definition) is 0. The maximum Gasteiger partial charge on any atom is 0.282 e. The second-order valence-electron chi connectivity index (χ2n) is 8.48. The van der Waals surface area contributed by atoms with E-state index >= 15 is 0 Å². The largest absolute Gasteiger partial charge is 0.438 e. The number of aromatic nitrogens is 2. The van der Waals surface area contributed by atoms with Gasteiger partial charge in [0.15, 0.2) is 22.7 Å². The van der Waals surface area contributed by atoms with Crippen LogP contribution in [-0.2, 0) is 13.6 Å². The summed E-state index contributed by atoms with van der Waals surface area (Å²) in [6.45, 7) is 3.10. The van der Waals surface area contributed by atoms with Crippen molar-refractivity contribution in [3.63, 3.8) is 0 Å². The lowest BCUT2D eigenvalue weighted by atomic mass is 10.1. The van der Waals surface area contributed by atoms with Crippen molar-refractivity contribution in [2.45, 2.75) is 13.5 Å². The summed E-state index contributed by atoms with van der Waals surface area (Å²) in [4.78, 5) is 2.11. The molecule has 0 radical (unpaired) electrons. The van der Waals surface area contributed by atoms with E-state index in [1.807, 2.05) is 6.08 Å². The minimum atomic E-state index is 0.824. The zero-order valence-electron chi connectivity index (χ0n) is 19.1. The Morgan fingerprint density at radius 2 is 1.55 bits per heavy atom. The highest BCUT2D eigenvalue weighted by Crippen LogP contribution is 2.43. The van der Waals surface area contributed by atoms with Gasteiger partial charge >= 0.3 is 0 Å². The standard InChI is InChI=1S/C29H26N3O/c1-4-32-26(30(2)24-18-16-20-10-5-7-12-22(20)28(24)32)14-9-15-27-31(3)25-19-17-21-11-6-8-13-23(21)29(25)33-27/h5-19H,4H2,1-3H3/q+1. The van der Waals surface area contributed by atoms with Crippen molar-refractivity contribution >= 4 is 44.3 Å². The number of fused-ring (bicyclic) bond motifs is 6. The summed E-state index contributed by atoms with van der Waals surface area (Å²) >= 11 is 0. The molecule has 162 valence electrons. The minimum absolute atomic E-state index is 0.824. The molecule has 0 bridgehead atoms. The Balaban J connectivity index is 1.41. The maximum atomic E-state index is 6.30. The van der Waals surface area contributed by atoms with Gasteiger partial charge in [0.25, 0.3) is 5.82 Å². The lowest BCUT2D eigenvalue weighted by Crippen LogP contribution is -2.35. The molecule has 0 unspecified atom stereocenters. The summed E-state index contributed by atoms with van der Waals surface area (Å²) in [5.41, 5.74) is 3.60. The second-order valence-corrected chi connectivity index (χ2v) is 8.48. The Labute approximate surface area is 193 Å². The van der Waals surface area contributed by atoms with Crippen molar-refractivity contribution in [3.05, 3.63) is 96.7 Å². The van der Waals surface area contributed by atoms with Crippen LogP contribution < -0.4 is 14.2 Å². The first-order valence-electron chi connectivity index (χ1n) is 11.4. The van der Waals surface area contributed by atoms with Crippen LogP contribution in [0.25, 0.3) is 38.7 Å². The quantitative estimate of drug-likeness (QED) is 0.318. The molecule has 1 aromatic heterocycles. The smallest absolute Gasteiger partial charge is 0.282 e. The molecule has 4 heteroatoms. The molecular formula is C29H26N3O+. The third-order valence-electron chi connectivity index (χ3n) is 6.69. The third-order valence-corrected chi connectivity index (χ3v) is 6.69. The number of hydrogen-bond acceptors (Lipinski definition) is 2. The molecule has 5 aromatic rings. The van der Waals surface area contributed by atoms with Gasteiger partial charge in [0, 0.05) is 23.9 Å². The van der Waals surface area contributed by atoms with E-state index in [1.54, 1.807) is 0 Å². The molecule has 1 aliphatic rings. The summed E-state index contributed by atoms with van der Waals surface area (Å²) in [7, 11) is 4.19. The topological polar surface area (TPSA) is 21.3 Å². The van der Waals surface area contributed by atoms with Crippen LogP contribution in [0.5, 0.6) is 5.75 Å². The Morgan fingerprint density at radius 1 is 0.848 bits per heavy atom. The van der Waals surface area contributed by atoms with E-state index in [0.29, 0.717) is 0 Å². The van der Waals surface area contributed by atoms with E-state index < -0.39 is 0 Å². The Kier molecular flexibility index (Phi) is 4.47. The number of ether oxygens (including phenoxy) is 1. The predicted octanol–water partition coefficient (Wildman–Crippen LogP) is 6.18. The molecule has 0 aliphatic carbocycles. The molecule has 0 fully saturated rings. The average molecular weight is 433 g/mol. The summed E-state index contributed by atoms with van der Waals surface area (Å²) in [6.07, 6.45) is 6.30. The molecule has 4 nitrogen and oxygen atoms in total. The third kappa shape index (κ3) is 2.94. The predicted molar refractivity (Wildman–Crippen MR) is 136 cm³/mol. The van der Waals surface area contributed by atoms with E-state index in [4.69, 9.17) is 4.74 Å². The highest BCUT2D eigenvalue weighted by molar-refractivity contribution is 6.02. The van der Waals surface area contributed by atoms with Crippen molar-refractivity contribution in [2.24, 2.45) is 7.05 Å². The van der Waals surface area contributed by atoms with Gasteiger partial charge in [-0.3, -0.25) is 0 Å². The van der Waals surface area contributed by atoms with Crippen molar-refractivity contribution in [1.82, 2.24) is 4.57 Å². The van der Waals surface area contributed by atoms with Crippen molar-refractivity contribution in [3.8, 4) is 5.75 Å². The average Bonchev–Trinajstić information content (AvgIpc) is 3.33. The molecule has 4 aromatic carbocycles. The summed E-state index contributed by atoms with van der Waals surface area (Å²) in [5.74, 6) is 2.91. The molecule has 0 amide bonds. The normalized spacial score (nSPS) is 14.8. The lowest BCUT2D eigenvalue weighted by Gasteiger charge is -2.10. The van der Waals surface area contributed by atoms with Crippen LogP contribution >= 0.6 is 0 Å². The van der Waals surface area contributed by atoms with Crippen LogP contribution in [0.2, 0.25) is 0 Å². The van der Waals surface area contributed by atoms with E-state index in [-0.39, 0.29) is 0 Å². The van der Waals surface area contributed by atoms with E-state index in [0.717, 1.165) is 35.1 Å². The van der Waals surface area contributed by atoms with E-state index in [1.165, 1.54) is 27.2 Å². The van der Waals surface area contributed by atoms with Crippen LogP contribution in [0.1, 0.15) is 12.7 Å². The number of anilines is 1. The van der Waals surface area contributed by atoms with Gasteiger partial charge in [0.2, 0.25) is 0 Å². The van der Waals surface area contributed by atoms with Gasteiger partial charge in [-0.2, -0.15) is 0 Å². The fourth-order valence-electron chi connectivity index (χ4n) is 5.00. The van der Waals surface area contributed by atoms with Gasteiger partial charge in [-0.1, -0.05) is 48.5 Å². The van der Waals surface area contributed by atoms with Gasteiger partial charge in [0.05, 0.1) is 19.3 Å². The first kappa shape index (κ1) is 19.6. The number of benzene rings is 4. The van der Waals surface area contributed by atoms with E-state index in [2.05, 4.69) is 120 Å². The van der Waals surface area contributed by atoms with Crippen LogP contribution in [0, 0.1) is 0 Å². The molecule has 0 N–H and O–H groups in total. The SMILES string of the molecule is CC[n+]1c(C=CC=C2Oc3c(ccc4ccccc34)N2C)n(C)c2ccc3ccccc3c21. The molecule has 1 aliphatic heterocycles. The maximum absolute atomic E-state index is 6.30. The molecule has 0 saturated carbocycles. The van der Waals surface area contributed by atoms with Crippen LogP contribution in [0.4, 0.5) is 5.69 Å². The Bertz CT molecular complexity index is 1610. The summed E-state index contributed by atoms with van der Waals surface area (Å²) < 4.78 is 10.9. The van der Waals surface area contributed by atoms with Gasteiger partial charge < -0.3 is 9.64 Å². The first-order chi connectivity index (χ1) is 16.2. The molecule has 2 heterocycles. The van der Waals surface area contributed by atoms with Crippen LogP contribution in [0.15, 0.2) is 90.8 Å². The number of nitrogens with zero attached hydrogens (tertiary/aromatic N) is 3. The van der Waals surface area contributed by atoms with Gasteiger partial charge in [-0.05, 0) is 54.1 Å². The molecule has 33 heavy (non-hydrogen) atoms. The highest BCUT2D eigenvalue weighted by Gasteiger charge is 2.25. The number of rotatable bonds is 3. The second kappa shape index (κ2) is 7.52. The monoisotopic (exact) mass is 432 g/mol. The summed E-state index contributed by atoms with van der Waals surface area (Å²) in [6, 6.07) is 25.6. The Morgan fingerprint density at radius 3 is 2.33 bits per heavy atom. The molecule has 6 rings (SSSR count). The first-order valence-corrected chi connectivity index (χ1v) is 11.4. The van der Waals surface area contributed by atoms with E-state index in [9.17, 15) is 0 Å². The zero-order valence-corrected chi connectivity index (χ0v) is 19.1. The number of allylic oxidation sites excluding steroid dienone is 2. The number of imidazole rings is 1.